The van der Waals surface area contributed by atoms with Crippen LogP contribution in [0, 0.1) is 12.7 Å². The average molecular weight is 450 g/mol. The molecule has 2 amide bonds. The van der Waals surface area contributed by atoms with Crippen LogP contribution in [0.1, 0.15) is 17.0 Å². The van der Waals surface area contributed by atoms with Crippen LogP contribution in [0.5, 0.6) is 0 Å². The van der Waals surface area contributed by atoms with Crippen molar-refractivity contribution in [2.75, 3.05) is 16.5 Å². The molecule has 32 heavy (non-hydrogen) atoms. The average Bonchev–Trinajstić information content (AvgIpc) is 3.51. The summed E-state index contributed by atoms with van der Waals surface area (Å²) in [6.45, 7) is 2.50. The summed E-state index contributed by atoms with van der Waals surface area (Å²) in [6, 6.07) is 10.8. The highest BCUT2D eigenvalue weighted by molar-refractivity contribution is 7.09. The number of hydrogen-bond donors (Lipinski definition) is 1. The van der Waals surface area contributed by atoms with Crippen molar-refractivity contribution < 1.29 is 14.0 Å². The molecule has 9 heteroatoms. The van der Waals surface area contributed by atoms with Crippen LogP contribution >= 0.6 is 11.3 Å². The Labute approximate surface area is 188 Å². The van der Waals surface area contributed by atoms with Crippen LogP contribution < -0.4 is 15.6 Å². The van der Waals surface area contributed by atoms with Gasteiger partial charge in [0.1, 0.15) is 17.6 Å². The van der Waals surface area contributed by atoms with Gasteiger partial charge < -0.3 is 10.6 Å². The summed E-state index contributed by atoms with van der Waals surface area (Å²) in [6.07, 6.45) is 0.833. The topological polar surface area (TPSA) is 91.9 Å². The number of primary amides is 1. The number of thiazole rings is 1. The third-order valence-corrected chi connectivity index (χ3v) is 6.49. The maximum absolute atomic E-state index is 13.3. The summed E-state index contributed by atoms with van der Waals surface area (Å²) in [5.74, 6) is -1.24. The number of carbonyl (C=O) groups excluding carboxylic acids is 2. The van der Waals surface area contributed by atoms with Gasteiger partial charge in [0, 0.05) is 29.6 Å². The van der Waals surface area contributed by atoms with E-state index >= 15 is 0 Å². The van der Waals surface area contributed by atoms with Crippen LogP contribution in [0.2, 0.25) is 0 Å². The molecule has 2 aromatic carbocycles. The van der Waals surface area contributed by atoms with Gasteiger partial charge in [0.2, 0.25) is 5.91 Å². The smallest absolute Gasteiger partial charge is 0.274 e. The summed E-state index contributed by atoms with van der Waals surface area (Å²) in [5.41, 5.74) is 10.2. The Bertz CT molecular complexity index is 1250. The molecule has 0 spiro atoms. The van der Waals surface area contributed by atoms with Gasteiger partial charge >= 0.3 is 0 Å². The Hall–Kier alpha value is -3.59. The molecule has 0 bridgehead atoms. The number of rotatable bonds is 4. The van der Waals surface area contributed by atoms with Gasteiger partial charge in [-0.1, -0.05) is 6.07 Å². The quantitative estimate of drug-likeness (QED) is 0.662. The van der Waals surface area contributed by atoms with Crippen molar-refractivity contribution in [3.05, 3.63) is 64.2 Å². The highest BCUT2D eigenvalue weighted by atomic mass is 32.1. The molecule has 3 heterocycles. The third-order valence-electron chi connectivity index (χ3n) is 5.71. The third kappa shape index (κ3) is 3.54. The molecular formula is C23H20FN5O2S. The molecule has 2 aliphatic rings. The molecule has 3 aromatic rings. The fourth-order valence-corrected chi connectivity index (χ4v) is 4.74. The van der Waals surface area contributed by atoms with E-state index in [4.69, 9.17) is 5.73 Å². The summed E-state index contributed by atoms with van der Waals surface area (Å²) >= 11 is 1.60. The van der Waals surface area contributed by atoms with Crippen molar-refractivity contribution in [1.29, 1.82) is 0 Å². The first-order chi connectivity index (χ1) is 15.4. The Morgan fingerprint density at radius 3 is 2.66 bits per heavy atom. The van der Waals surface area contributed by atoms with Crippen LogP contribution in [0.3, 0.4) is 0 Å². The first-order valence-electron chi connectivity index (χ1n) is 10.2. The predicted molar refractivity (Wildman–Crippen MR) is 122 cm³/mol. The van der Waals surface area contributed by atoms with Gasteiger partial charge in [-0.3, -0.25) is 14.6 Å². The largest absolute Gasteiger partial charge is 0.368 e. The lowest BCUT2D eigenvalue weighted by Gasteiger charge is -2.20. The number of anilines is 2. The molecule has 1 atom stereocenters. The number of nitrogens with two attached hydrogens (primary N) is 1. The van der Waals surface area contributed by atoms with Gasteiger partial charge in [-0.25, -0.2) is 9.37 Å². The Kier molecular flexibility index (Phi) is 4.97. The van der Waals surface area contributed by atoms with Crippen LogP contribution in [-0.4, -0.2) is 35.1 Å². The number of fused-ring (bicyclic) bond motifs is 1. The van der Waals surface area contributed by atoms with Crippen molar-refractivity contribution in [2.24, 2.45) is 10.8 Å². The van der Waals surface area contributed by atoms with Crippen molar-refractivity contribution >= 4 is 40.2 Å². The van der Waals surface area contributed by atoms with E-state index in [1.807, 2.05) is 24.4 Å². The molecule has 1 unspecified atom stereocenters. The predicted octanol–water partition coefficient (Wildman–Crippen LogP) is 3.27. The number of hydrogen-bond acceptors (Lipinski definition) is 6. The Morgan fingerprint density at radius 2 is 1.97 bits per heavy atom. The summed E-state index contributed by atoms with van der Waals surface area (Å²) in [5, 5.41) is 8.84. The van der Waals surface area contributed by atoms with Crippen LogP contribution in [-0.2, 0) is 16.0 Å². The minimum absolute atomic E-state index is 0.105. The normalized spacial score (nSPS) is 17.4. The monoisotopic (exact) mass is 449 g/mol. The number of carbonyl (C=O) groups is 2. The standard InChI is InChI=1S/C23H20FN5O2S/c1-13-26-19(12-32-13)14-2-7-20-15(10-14)8-9-28(20)23(31)18-11-21(22(25)30)29(27-18)17-5-3-16(24)4-6-17/h2-7,10,12,21H,8-9,11H2,1H3,(H2,25,30). The van der Waals surface area contributed by atoms with Gasteiger partial charge in [-0.15, -0.1) is 11.3 Å². The summed E-state index contributed by atoms with van der Waals surface area (Å²) in [4.78, 5) is 31.6. The highest BCUT2D eigenvalue weighted by Crippen LogP contribution is 2.34. The molecule has 0 saturated carbocycles. The van der Waals surface area contributed by atoms with Gasteiger partial charge in [-0.2, -0.15) is 5.10 Å². The molecule has 2 N–H and O–H groups in total. The second kappa shape index (κ2) is 7.83. The Morgan fingerprint density at radius 1 is 1.19 bits per heavy atom. The van der Waals surface area contributed by atoms with Crippen molar-refractivity contribution in [3.63, 3.8) is 0 Å². The first kappa shape index (κ1) is 20.3. The van der Waals surface area contributed by atoms with Crippen LogP contribution in [0.25, 0.3) is 11.3 Å². The fraction of sp³-hybridized carbons (Fsp3) is 0.217. The summed E-state index contributed by atoms with van der Waals surface area (Å²) < 4.78 is 13.3. The lowest BCUT2D eigenvalue weighted by molar-refractivity contribution is -0.119. The molecule has 162 valence electrons. The second-order valence-electron chi connectivity index (χ2n) is 7.79. The van der Waals surface area contributed by atoms with Gasteiger partial charge in [0.15, 0.2) is 0 Å². The van der Waals surface area contributed by atoms with E-state index in [0.29, 0.717) is 12.2 Å². The van der Waals surface area contributed by atoms with E-state index < -0.39 is 17.8 Å². The molecule has 0 fully saturated rings. The lowest BCUT2D eigenvalue weighted by atomic mass is 10.1. The van der Waals surface area contributed by atoms with Crippen molar-refractivity contribution in [2.45, 2.75) is 25.8 Å². The molecule has 0 aliphatic carbocycles. The number of hydrazone groups is 1. The maximum atomic E-state index is 13.3. The number of halogens is 1. The minimum atomic E-state index is -0.795. The zero-order chi connectivity index (χ0) is 22.4. The summed E-state index contributed by atoms with van der Waals surface area (Å²) in [7, 11) is 0. The minimum Gasteiger partial charge on any atom is -0.368 e. The molecule has 7 nitrogen and oxygen atoms in total. The lowest BCUT2D eigenvalue weighted by Crippen LogP contribution is -2.40. The first-order valence-corrected chi connectivity index (χ1v) is 11.1. The second-order valence-corrected chi connectivity index (χ2v) is 8.85. The van der Waals surface area contributed by atoms with Crippen LogP contribution in [0.15, 0.2) is 52.9 Å². The molecule has 0 radical (unpaired) electrons. The molecule has 2 aliphatic heterocycles. The van der Waals surface area contributed by atoms with Crippen molar-refractivity contribution in [1.82, 2.24) is 4.98 Å². The Balaban J connectivity index is 1.42. The molecular weight excluding hydrogens is 429 g/mol. The number of benzene rings is 2. The number of amides is 2. The highest BCUT2D eigenvalue weighted by Gasteiger charge is 2.38. The fourth-order valence-electron chi connectivity index (χ4n) is 4.12. The maximum Gasteiger partial charge on any atom is 0.274 e. The van der Waals surface area contributed by atoms with E-state index in [9.17, 15) is 14.0 Å². The van der Waals surface area contributed by atoms with E-state index in [1.54, 1.807) is 16.2 Å². The van der Waals surface area contributed by atoms with E-state index in [1.165, 1.54) is 29.3 Å². The number of aryl methyl sites for hydroxylation is 1. The number of aromatic nitrogens is 1. The molecule has 5 rings (SSSR count). The van der Waals surface area contributed by atoms with Gasteiger partial charge in [0.25, 0.3) is 5.91 Å². The SMILES string of the molecule is Cc1nc(-c2ccc3c(c2)CCN3C(=O)C2=NN(c3ccc(F)cc3)C(C(N)=O)C2)cs1. The van der Waals surface area contributed by atoms with E-state index in [2.05, 4.69) is 16.2 Å². The van der Waals surface area contributed by atoms with E-state index in [-0.39, 0.29) is 18.0 Å². The van der Waals surface area contributed by atoms with Gasteiger partial charge in [0.05, 0.1) is 16.4 Å². The zero-order valence-electron chi connectivity index (χ0n) is 17.3. The van der Waals surface area contributed by atoms with Crippen LogP contribution in [0.4, 0.5) is 15.8 Å². The van der Waals surface area contributed by atoms with Gasteiger partial charge in [-0.05, 0) is 55.3 Å². The van der Waals surface area contributed by atoms with Crippen molar-refractivity contribution in [3.8, 4) is 11.3 Å². The molecule has 1 aromatic heterocycles. The van der Waals surface area contributed by atoms with E-state index in [0.717, 1.165) is 33.9 Å². The number of nitrogens with zero attached hydrogens (tertiary/aromatic N) is 4. The molecule has 0 saturated heterocycles. The zero-order valence-corrected chi connectivity index (χ0v) is 18.1.